The summed E-state index contributed by atoms with van der Waals surface area (Å²) in [6.45, 7) is 17.4. The summed E-state index contributed by atoms with van der Waals surface area (Å²) in [7, 11) is -1.39. The fourth-order valence-corrected chi connectivity index (χ4v) is 5.07. The van der Waals surface area contributed by atoms with Gasteiger partial charge in [0, 0.05) is 16.2 Å². The minimum atomic E-state index is -0.911. The minimum absolute atomic E-state index is 0.161. The Kier molecular flexibility index (Phi) is 8.04. The zero-order valence-corrected chi connectivity index (χ0v) is 26.3. The van der Waals surface area contributed by atoms with Crippen molar-refractivity contribution in [2.45, 2.75) is 103 Å². The van der Waals surface area contributed by atoms with Crippen LogP contribution in [0.3, 0.4) is 0 Å². The Bertz CT molecular complexity index is 1290. The van der Waals surface area contributed by atoms with E-state index in [1.807, 2.05) is 48.5 Å². The average Bonchev–Trinajstić information content (AvgIpc) is 3.20. The lowest BCUT2D eigenvalue weighted by Gasteiger charge is -2.38. The van der Waals surface area contributed by atoms with Crippen molar-refractivity contribution in [3.63, 3.8) is 0 Å². The number of rotatable bonds is 7. The van der Waals surface area contributed by atoms with Crippen molar-refractivity contribution in [2.75, 3.05) is 5.73 Å². The molecule has 216 valence electrons. The molecule has 2 fully saturated rings. The van der Waals surface area contributed by atoms with Crippen molar-refractivity contribution in [2.24, 2.45) is 0 Å². The quantitative estimate of drug-likeness (QED) is 0.289. The van der Waals surface area contributed by atoms with Crippen LogP contribution in [-0.4, -0.2) is 53.0 Å². The van der Waals surface area contributed by atoms with Gasteiger partial charge in [0.05, 0.1) is 28.0 Å². The Morgan fingerprint density at radius 3 is 2.17 bits per heavy atom. The fraction of sp³-hybridized carbons (Fsp3) is 0.571. The summed E-state index contributed by atoms with van der Waals surface area (Å²) < 4.78 is 46.5. The summed E-state index contributed by atoms with van der Waals surface area (Å²) >= 11 is 3.35. The second-order valence-electron chi connectivity index (χ2n) is 12.9. The number of hydrogen-bond acceptors (Lipinski definition) is 8. The van der Waals surface area contributed by atoms with Crippen LogP contribution < -0.4 is 5.73 Å². The molecule has 3 heterocycles. The van der Waals surface area contributed by atoms with Crippen LogP contribution in [0.15, 0.2) is 34.9 Å². The molecular formula is C28H38B2BrFN2O6. The van der Waals surface area contributed by atoms with Crippen molar-refractivity contribution in [3.05, 3.63) is 46.3 Å². The summed E-state index contributed by atoms with van der Waals surface area (Å²) in [6.07, 6.45) is 2.51. The van der Waals surface area contributed by atoms with E-state index >= 15 is 4.39 Å². The van der Waals surface area contributed by atoms with E-state index in [9.17, 15) is 4.79 Å². The maximum Gasteiger partial charge on any atom is 0.488 e. The van der Waals surface area contributed by atoms with Gasteiger partial charge in [-0.1, -0.05) is 6.07 Å². The molecule has 2 aromatic rings. The first-order chi connectivity index (χ1) is 18.3. The van der Waals surface area contributed by atoms with Crippen molar-refractivity contribution in [1.82, 2.24) is 4.98 Å². The van der Waals surface area contributed by atoms with E-state index in [2.05, 4.69) is 20.9 Å². The zero-order valence-electron chi connectivity index (χ0n) is 24.7. The number of halogens is 2. The first kappa shape index (κ1) is 31.0. The van der Waals surface area contributed by atoms with Crippen molar-refractivity contribution in [1.29, 1.82) is 0 Å². The van der Waals surface area contributed by atoms with Crippen LogP contribution >= 0.6 is 15.9 Å². The van der Waals surface area contributed by atoms with Gasteiger partial charge in [-0.15, -0.1) is 0 Å². The Hall–Kier alpha value is -1.98. The van der Waals surface area contributed by atoms with E-state index < -0.39 is 53.8 Å². The third kappa shape index (κ3) is 5.97. The van der Waals surface area contributed by atoms with Crippen molar-refractivity contribution < 1.29 is 32.5 Å². The minimum Gasteiger partial charge on any atom is -0.456 e. The number of anilines is 1. The van der Waals surface area contributed by atoms with Gasteiger partial charge in [-0.2, -0.15) is 0 Å². The molecule has 1 aromatic heterocycles. The number of pyridine rings is 1. The van der Waals surface area contributed by atoms with Crippen LogP contribution in [0, 0.1) is 5.82 Å². The highest BCUT2D eigenvalue weighted by Crippen LogP contribution is 2.45. The molecule has 1 atom stereocenters. The molecule has 0 radical (unpaired) electrons. The maximum atomic E-state index is 15.1. The molecule has 2 saturated heterocycles. The fourth-order valence-electron chi connectivity index (χ4n) is 4.73. The van der Waals surface area contributed by atoms with E-state index in [1.54, 1.807) is 32.2 Å². The first-order valence-corrected chi connectivity index (χ1v) is 14.2. The summed E-state index contributed by atoms with van der Waals surface area (Å²) in [4.78, 5) is 17.1. The highest BCUT2D eigenvalue weighted by Gasteiger charge is 2.64. The Morgan fingerprint density at radius 1 is 1.00 bits per heavy atom. The summed E-state index contributed by atoms with van der Waals surface area (Å²) in [5, 5.41) is 0. The molecule has 2 N–H and O–H groups in total. The van der Waals surface area contributed by atoms with Gasteiger partial charge in [0.25, 0.3) is 0 Å². The van der Waals surface area contributed by atoms with E-state index in [4.69, 9.17) is 29.1 Å². The number of nitrogens with two attached hydrogens (primary N) is 1. The number of nitrogens with zero attached hydrogens (tertiary/aromatic N) is 1. The molecular weight excluding hydrogens is 581 g/mol. The topological polar surface area (TPSA) is 102 Å². The van der Waals surface area contributed by atoms with Crippen molar-refractivity contribution in [3.8, 4) is 11.1 Å². The zero-order chi connectivity index (χ0) is 29.9. The Balaban J connectivity index is 1.42. The Morgan fingerprint density at radius 2 is 1.57 bits per heavy atom. The van der Waals surface area contributed by atoms with Gasteiger partial charge in [-0.25, -0.2) is 14.2 Å². The van der Waals surface area contributed by atoms with Crippen LogP contribution in [0.2, 0.25) is 0 Å². The molecule has 1 unspecified atom stereocenters. The largest absolute Gasteiger partial charge is 0.488 e. The first-order valence-electron chi connectivity index (χ1n) is 13.4. The predicted molar refractivity (Wildman–Crippen MR) is 157 cm³/mol. The molecule has 0 spiro atoms. The molecule has 2 aliphatic rings. The smallest absolute Gasteiger partial charge is 0.456 e. The monoisotopic (exact) mass is 618 g/mol. The van der Waals surface area contributed by atoms with Gasteiger partial charge in [-0.3, -0.25) is 0 Å². The number of aromatic nitrogens is 1. The third-order valence-corrected chi connectivity index (χ3v) is 8.95. The van der Waals surface area contributed by atoms with E-state index in [0.717, 1.165) is 0 Å². The third-order valence-electron chi connectivity index (χ3n) is 8.51. The number of carbonyl (C=O) groups excluding carboxylic acids is 1. The molecule has 0 amide bonds. The SMILES string of the molecule is CC(C)(CCC1(C)OB(B2OC(C)(C)C(C)(C)O2)OC1(C)C)OC(=O)c1ccc(-c2cc(Br)cnc2N)cc1F. The molecule has 2 aliphatic heterocycles. The van der Waals surface area contributed by atoms with Gasteiger partial charge >= 0.3 is 20.0 Å². The lowest BCUT2D eigenvalue weighted by molar-refractivity contribution is -0.0449. The lowest BCUT2D eigenvalue weighted by atomic mass is 9.49. The van der Waals surface area contributed by atoms with E-state index in [1.165, 1.54) is 12.1 Å². The van der Waals surface area contributed by atoms with Gasteiger partial charge in [-0.05, 0) is 115 Å². The number of ether oxygens (including phenoxy) is 1. The molecule has 0 saturated carbocycles. The van der Waals surface area contributed by atoms with Crippen LogP contribution in [0.5, 0.6) is 0 Å². The number of esters is 1. The molecule has 1 aromatic carbocycles. The van der Waals surface area contributed by atoms with E-state index in [0.29, 0.717) is 28.4 Å². The molecule has 0 aliphatic carbocycles. The molecule has 40 heavy (non-hydrogen) atoms. The van der Waals surface area contributed by atoms with E-state index in [-0.39, 0.29) is 11.4 Å². The molecule has 12 heteroatoms. The highest BCUT2D eigenvalue weighted by molar-refractivity contribution is 9.10. The summed E-state index contributed by atoms with van der Waals surface area (Å²) in [6, 6.07) is 6.02. The van der Waals surface area contributed by atoms with Gasteiger partial charge in [0.1, 0.15) is 17.2 Å². The second kappa shape index (κ2) is 10.4. The van der Waals surface area contributed by atoms with Gasteiger partial charge < -0.3 is 29.1 Å². The molecule has 8 nitrogen and oxygen atoms in total. The number of nitrogen functional groups attached to an aromatic ring is 1. The average molecular weight is 619 g/mol. The predicted octanol–water partition coefficient (Wildman–Crippen LogP) is 6.19. The Labute approximate surface area is 245 Å². The van der Waals surface area contributed by atoms with Crippen molar-refractivity contribution >= 4 is 41.7 Å². The molecule has 0 bridgehead atoms. The van der Waals surface area contributed by atoms with Crippen LogP contribution in [0.25, 0.3) is 11.1 Å². The highest BCUT2D eigenvalue weighted by atomic mass is 79.9. The second-order valence-corrected chi connectivity index (χ2v) is 13.8. The number of hydrogen-bond donors (Lipinski definition) is 1. The van der Waals surface area contributed by atoms with Gasteiger partial charge in [0.15, 0.2) is 0 Å². The van der Waals surface area contributed by atoms with Crippen LogP contribution in [0.1, 0.15) is 85.5 Å². The number of carbonyl (C=O) groups is 1. The van der Waals surface area contributed by atoms with Crippen LogP contribution in [0.4, 0.5) is 10.2 Å². The van der Waals surface area contributed by atoms with Crippen LogP contribution in [-0.2, 0) is 23.4 Å². The standard InChI is InChI=1S/C28H38B2BrFN2O6/c1-24(2,36-23(35)19-11-10-17(14-21(19)32)20-15-18(31)16-34-22(20)33)12-13-28(9)27(7,8)39-30(40-28)29-37-25(3,4)26(5,6)38-29/h10-11,14-16H,12-13H2,1-9H3,(H2,33,34). The normalized spacial score (nSPS) is 23.5. The number of benzene rings is 1. The summed E-state index contributed by atoms with van der Waals surface area (Å²) in [5.41, 5.74) is 3.51. The maximum absolute atomic E-state index is 15.1. The summed E-state index contributed by atoms with van der Waals surface area (Å²) in [5.74, 6) is -1.20. The lowest BCUT2D eigenvalue weighted by Crippen LogP contribution is -2.46. The van der Waals surface area contributed by atoms with Gasteiger partial charge in [0.2, 0.25) is 0 Å². The molecule has 4 rings (SSSR count).